The highest BCUT2D eigenvalue weighted by Crippen LogP contribution is 2.33. The summed E-state index contributed by atoms with van der Waals surface area (Å²) in [5, 5.41) is 21.3. The standard InChI is InChI=1S/C32H27N3OS/c1-4-5-7-25-8-6-9-28(31(25)22(2)3)29-16-26(14-15-27(29)18-34)32(30-19-35-21-37-30)36-20-24-12-10-23(17-33)11-13-24/h4-16,19,21,32H,20H2,1-3H3/b5-4-,25-7-. The van der Waals surface area contributed by atoms with E-state index >= 15 is 0 Å². The van der Waals surface area contributed by atoms with Crippen LogP contribution in [0.3, 0.4) is 0 Å². The molecule has 0 amide bonds. The van der Waals surface area contributed by atoms with E-state index < -0.39 is 0 Å². The molecule has 0 aliphatic carbocycles. The van der Waals surface area contributed by atoms with Crippen molar-refractivity contribution in [3.63, 3.8) is 0 Å². The summed E-state index contributed by atoms with van der Waals surface area (Å²) < 4.78 is 6.44. The molecule has 5 heteroatoms. The monoisotopic (exact) mass is 501 g/mol. The Morgan fingerprint density at radius 2 is 1.84 bits per heavy atom. The Hall–Kier alpha value is -4.29. The summed E-state index contributed by atoms with van der Waals surface area (Å²) in [6.45, 7) is 6.58. The molecule has 37 heavy (non-hydrogen) atoms. The van der Waals surface area contributed by atoms with E-state index in [0.717, 1.165) is 37.6 Å². The number of nitrogens with zero attached hydrogens (tertiary/aromatic N) is 3. The third kappa shape index (κ3) is 5.93. The molecule has 0 fully saturated rings. The third-order valence-corrected chi connectivity index (χ3v) is 6.85. The lowest BCUT2D eigenvalue weighted by molar-refractivity contribution is 0.0689. The minimum atomic E-state index is -0.345. The van der Waals surface area contributed by atoms with E-state index in [9.17, 15) is 5.26 Å². The molecule has 0 spiro atoms. The van der Waals surface area contributed by atoms with Crippen LogP contribution in [0.2, 0.25) is 0 Å². The van der Waals surface area contributed by atoms with Crippen molar-refractivity contribution in [2.45, 2.75) is 33.5 Å². The minimum absolute atomic E-state index is 0.345. The molecule has 4 aromatic rings. The van der Waals surface area contributed by atoms with Gasteiger partial charge in [-0.25, -0.2) is 0 Å². The largest absolute Gasteiger partial charge is 0.363 e. The van der Waals surface area contributed by atoms with Gasteiger partial charge in [0.15, 0.2) is 0 Å². The Bertz CT molecular complexity index is 1620. The Morgan fingerprint density at radius 1 is 1.03 bits per heavy atom. The number of ether oxygens (including phenoxy) is 1. The fourth-order valence-corrected chi connectivity index (χ4v) is 4.98. The van der Waals surface area contributed by atoms with Gasteiger partial charge in [0.2, 0.25) is 0 Å². The Kier molecular flexibility index (Phi) is 8.44. The van der Waals surface area contributed by atoms with Crippen LogP contribution in [0.5, 0.6) is 0 Å². The van der Waals surface area contributed by atoms with Gasteiger partial charge in [-0.15, -0.1) is 11.3 Å². The van der Waals surface area contributed by atoms with Gasteiger partial charge < -0.3 is 4.74 Å². The number of aromatic nitrogens is 1. The van der Waals surface area contributed by atoms with E-state index in [4.69, 9.17) is 10.00 Å². The number of hydrogen-bond donors (Lipinski definition) is 0. The van der Waals surface area contributed by atoms with Crippen LogP contribution >= 0.6 is 11.3 Å². The van der Waals surface area contributed by atoms with Crippen molar-refractivity contribution < 1.29 is 4.74 Å². The van der Waals surface area contributed by atoms with E-state index in [1.54, 1.807) is 17.6 Å². The van der Waals surface area contributed by atoms with Crippen LogP contribution in [0.4, 0.5) is 0 Å². The number of hydrogen-bond acceptors (Lipinski definition) is 5. The first-order valence-corrected chi connectivity index (χ1v) is 12.9. The second-order valence-electron chi connectivity index (χ2n) is 8.78. The van der Waals surface area contributed by atoms with Gasteiger partial charge in [-0.1, -0.05) is 60.2 Å². The lowest BCUT2D eigenvalue weighted by Crippen LogP contribution is -2.28. The van der Waals surface area contributed by atoms with Crippen LogP contribution in [-0.2, 0) is 11.3 Å². The zero-order valence-corrected chi connectivity index (χ0v) is 21.9. The summed E-state index contributed by atoms with van der Waals surface area (Å²) in [5.41, 5.74) is 8.04. The van der Waals surface area contributed by atoms with Crippen molar-refractivity contribution in [2.75, 3.05) is 0 Å². The Balaban J connectivity index is 1.82. The smallest absolute Gasteiger partial charge is 0.119 e. The van der Waals surface area contributed by atoms with Crippen LogP contribution < -0.4 is 10.4 Å². The van der Waals surface area contributed by atoms with E-state index in [1.807, 2.05) is 55.6 Å². The van der Waals surface area contributed by atoms with Crippen molar-refractivity contribution in [3.05, 3.63) is 122 Å². The van der Waals surface area contributed by atoms with E-state index in [0.29, 0.717) is 17.7 Å². The normalized spacial score (nSPS) is 12.3. The van der Waals surface area contributed by atoms with Crippen LogP contribution in [0.25, 0.3) is 22.8 Å². The Morgan fingerprint density at radius 3 is 2.49 bits per heavy atom. The molecule has 1 atom stereocenters. The highest BCUT2D eigenvalue weighted by atomic mass is 32.1. The third-order valence-electron chi connectivity index (χ3n) is 6.03. The second kappa shape index (κ2) is 12.1. The molecule has 182 valence electrons. The summed E-state index contributed by atoms with van der Waals surface area (Å²) in [7, 11) is 0. The molecular weight excluding hydrogens is 474 g/mol. The lowest BCUT2D eigenvalue weighted by atomic mass is 9.92. The Labute approximate surface area is 221 Å². The molecule has 1 aromatic heterocycles. The fraction of sp³-hybridized carbons (Fsp3) is 0.156. The summed E-state index contributed by atoms with van der Waals surface area (Å²) in [5.74, 6) is 0. The van der Waals surface area contributed by atoms with Gasteiger partial charge in [0.1, 0.15) is 6.10 Å². The molecule has 0 bridgehead atoms. The first kappa shape index (κ1) is 25.8. The molecule has 0 saturated carbocycles. The quantitative estimate of drug-likeness (QED) is 0.294. The molecular formula is C32H27N3OS. The zero-order valence-electron chi connectivity index (χ0n) is 21.1. The predicted molar refractivity (Wildman–Crippen MR) is 150 cm³/mol. The fourth-order valence-electron chi connectivity index (χ4n) is 4.29. The number of rotatable bonds is 7. The maximum atomic E-state index is 9.99. The van der Waals surface area contributed by atoms with Crippen molar-refractivity contribution in [3.8, 4) is 23.3 Å². The maximum Gasteiger partial charge on any atom is 0.119 e. The molecule has 0 radical (unpaired) electrons. The SMILES string of the molecule is C/C=C\C=c1\cccc(-c2cc(C(OCc3ccc(C#N)cc3)c3cncs3)ccc2C#N)c1=C(C)C. The highest BCUT2D eigenvalue weighted by Gasteiger charge is 2.19. The van der Waals surface area contributed by atoms with Crippen molar-refractivity contribution in [1.82, 2.24) is 4.98 Å². The molecule has 1 unspecified atom stereocenters. The van der Waals surface area contributed by atoms with Gasteiger partial charge in [0, 0.05) is 11.8 Å². The summed E-state index contributed by atoms with van der Waals surface area (Å²) >= 11 is 1.54. The average Bonchev–Trinajstić information content (AvgIpc) is 3.46. The van der Waals surface area contributed by atoms with Gasteiger partial charge in [0.05, 0.1) is 40.3 Å². The first-order valence-electron chi connectivity index (χ1n) is 12.0. The van der Waals surface area contributed by atoms with Gasteiger partial charge in [0.25, 0.3) is 0 Å². The van der Waals surface area contributed by atoms with Crippen LogP contribution in [0.15, 0.2) is 84.5 Å². The van der Waals surface area contributed by atoms with Gasteiger partial charge in [-0.2, -0.15) is 10.5 Å². The van der Waals surface area contributed by atoms with Gasteiger partial charge >= 0.3 is 0 Å². The molecule has 0 saturated heterocycles. The molecule has 0 aliphatic rings. The van der Waals surface area contributed by atoms with E-state index in [1.165, 1.54) is 16.9 Å². The number of allylic oxidation sites excluding steroid dienone is 2. The second-order valence-corrected chi connectivity index (χ2v) is 9.70. The number of thiazole rings is 1. The van der Waals surface area contributed by atoms with E-state index in [2.05, 4.69) is 55.2 Å². The summed E-state index contributed by atoms with van der Waals surface area (Å²) in [6, 6.07) is 24.1. The van der Waals surface area contributed by atoms with Gasteiger partial charge in [-0.05, 0) is 72.2 Å². The van der Waals surface area contributed by atoms with Crippen LogP contribution in [0, 0.1) is 22.7 Å². The average molecular weight is 502 g/mol. The first-order chi connectivity index (χ1) is 18.0. The van der Waals surface area contributed by atoms with Crippen LogP contribution in [0.1, 0.15) is 54.0 Å². The van der Waals surface area contributed by atoms with Crippen molar-refractivity contribution in [1.29, 1.82) is 10.5 Å². The molecule has 0 aliphatic heterocycles. The molecule has 4 rings (SSSR count). The number of benzene rings is 3. The van der Waals surface area contributed by atoms with E-state index in [-0.39, 0.29) is 6.10 Å². The minimum Gasteiger partial charge on any atom is -0.363 e. The van der Waals surface area contributed by atoms with Crippen molar-refractivity contribution in [2.24, 2.45) is 0 Å². The lowest BCUT2D eigenvalue weighted by Gasteiger charge is -2.19. The van der Waals surface area contributed by atoms with Crippen molar-refractivity contribution >= 4 is 23.0 Å². The highest BCUT2D eigenvalue weighted by molar-refractivity contribution is 7.09. The summed E-state index contributed by atoms with van der Waals surface area (Å²) in [6.07, 6.45) is 7.62. The predicted octanol–water partition coefficient (Wildman–Crippen LogP) is 6.41. The maximum absolute atomic E-state index is 9.99. The van der Waals surface area contributed by atoms with Crippen LogP contribution in [-0.4, -0.2) is 4.98 Å². The topological polar surface area (TPSA) is 69.7 Å². The summed E-state index contributed by atoms with van der Waals surface area (Å²) in [4.78, 5) is 5.26. The molecule has 0 N–H and O–H groups in total. The van der Waals surface area contributed by atoms with Gasteiger partial charge in [-0.3, -0.25) is 4.98 Å². The number of nitriles is 2. The molecule has 1 heterocycles. The molecule has 4 nitrogen and oxygen atoms in total. The zero-order chi connectivity index (χ0) is 26.2. The molecule has 3 aromatic carbocycles.